The Bertz CT molecular complexity index is 614. The fourth-order valence-corrected chi connectivity index (χ4v) is 3.50. The van der Waals surface area contributed by atoms with Crippen LogP contribution in [0.25, 0.3) is 0 Å². The number of carbonyl (C=O) groups excluding carboxylic acids is 1. The number of likely N-dealkylation sites (tertiary alicyclic amines) is 1. The van der Waals surface area contributed by atoms with E-state index in [0.29, 0.717) is 0 Å². The standard InChI is InChI=1S/C22H29N3O/c26-22(23-15-7-8-16-25-17-9-10-18-25)24-21(19-11-3-1-4-12-19)20-13-5-2-6-14-20/h1-6,11-14,21H,7-10,15-18H2,(H2,23,24,26). The van der Waals surface area contributed by atoms with Gasteiger partial charge in [-0.05, 0) is 56.4 Å². The highest BCUT2D eigenvalue weighted by atomic mass is 16.2. The molecule has 138 valence electrons. The number of urea groups is 1. The number of carbonyl (C=O) groups is 1. The minimum atomic E-state index is -0.137. The minimum absolute atomic E-state index is 0.108. The van der Waals surface area contributed by atoms with Gasteiger partial charge < -0.3 is 15.5 Å². The number of rotatable bonds is 8. The van der Waals surface area contributed by atoms with E-state index in [1.165, 1.54) is 25.9 Å². The summed E-state index contributed by atoms with van der Waals surface area (Å²) in [6, 6.07) is 20.0. The molecule has 1 saturated heterocycles. The summed E-state index contributed by atoms with van der Waals surface area (Å²) in [4.78, 5) is 14.9. The van der Waals surface area contributed by atoms with E-state index in [2.05, 4.69) is 15.5 Å². The predicted molar refractivity (Wildman–Crippen MR) is 106 cm³/mol. The molecule has 4 nitrogen and oxygen atoms in total. The second kappa shape index (κ2) is 9.97. The Morgan fingerprint density at radius 3 is 2.04 bits per heavy atom. The number of amides is 2. The molecule has 4 heteroatoms. The van der Waals surface area contributed by atoms with Crippen LogP contribution in [0.2, 0.25) is 0 Å². The highest BCUT2D eigenvalue weighted by Gasteiger charge is 2.16. The van der Waals surface area contributed by atoms with E-state index in [1.807, 2.05) is 60.7 Å². The summed E-state index contributed by atoms with van der Waals surface area (Å²) in [7, 11) is 0. The van der Waals surface area contributed by atoms with Crippen LogP contribution in [0.5, 0.6) is 0 Å². The average Bonchev–Trinajstić information content (AvgIpc) is 3.21. The number of hydrogen-bond donors (Lipinski definition) is 2. The Morgan fingerprint density at radius 1 is 0.885 bits per heavy atom. The number of nitrogens with one attached hydrogen (secondary N) is 2. The van der Waals surface area contributed by atoms with E-state index in [1.54, 1.807) is 0 Å². The van der Waals surface area contributed by atoms with E-state index >= 15 is 0 Å². The molecule has 0 aliphatic carbocycles. The Kier molecular flexibility index (Phi) is 7.08. The Labute approximate surface area is 156 Å². The van der Waals surface area contributed by atoms with E-state index in [-0.39, 0.29) is 12.1 Å². The highest BCUT2D eigenvalue weighted by molar-refractivity contribution is 5.75. The second-order valence-corrected chi connectivity index (χ2v) is 6.91. The molecule has 0 atom stereocenters. The van der Waals surface area contributed by atoms with Gasteiger partial charge in [0.15, 0.2) is 0 Å². The van der Waals surface area contributed by atoms with Gasteiger partial charge in [0, 0.05) is 6.54 Å². The molecule has 3 rings (SSSR count). The van der Waals surface area contributed by atoms with Crippen LogP contribution in [-0.2, 0) is 0 Å². The lowest BCUT2D eigenvalue weighted by atomic mass is 9.99. The quantitative estimate of drug-likeness (QED) is 0.707. The summed E-state index contributed by atoms with van der Waals surface area (Å²) in [5.41, 5.74) is 2.17. The SMILES string of the molecule is O=C(NCCCCN1CCCC1)NC(c1ccccc1)c1ccccc1. The first kappa shape index (κ1) is 18.5. The summed E-state index contributed by atoms with van der Waals surface area (Å²) in [5, 5.41) is 6.13. The normalized spacial score (nSPS) is 14.5. The fourth-order valence-electron chi connectivity index (χ4n) is 3.50. The summed E-state index contributed by atoms with van der Waals surface area (Å²) >= 11 is 0. The maximum atomic E-state index is 12.4. The van der Waals surface area contributed by atoms with Crippen LogP contribution in [0.3, 0.4) is 0 Å². The molecule has 0 unspecified atom stereocenters. The first-order valence-corrected chi connectivity index (χ1v) is 9.69. The predicted octanol–water partition coefficient (Wildman–Crippen LogP) is 3.95. The lowest BCUT2D eigenvalue weighted by Crippen LogP contribution is -2.39. The van der Waals surface area contributed by atoms with Crippen molar-refractivity contribution in [3.63, 3.8) is 0 Å². The minimum Gasteiger partial charge on any atom is -0.338 e. The monoisotopic (exact) mass is 351 g/mol. The Hall–Kier alpha value is -2.33. The zero-order valence-electron chi connectivity index (χ0n) is 15.4. The summed E-state index contributed by atoms with van der Waals surface area (Å²) in [6.07, 6.45) is 4.83. The van der Waals surface area contributed by atoms with Gasteiger partial charge >= 0.3 is 6.03 Å². The van der Waals surface area contributed by atoms with E-state index in [9.17, 15) is 4.79 Å². The van der Waals surface area contributed by atoms with Crippen LogP contribution < -0.4 is 10.6 Å². The van der Waals surface area contributed by atoms with Crippen molar-refractivity contribution >= 4 is 6.03 Å². The van der Waals surface area contributed by atoms with Crippen LogP contribution in [-0.4, -0.2) is 37.1 Å². The molecule has 0 radical (unpaired) electrons. The van der Waals surface area contributed by atoms with Crippen molar-refractivity contribution in [1.29, 1.82) is 0 Å². The molecular formula is C22H29N3O. The first-order chi connectivity index (χ1) is 12.8. The molecule has 2 aromatic carbocycles. The fraction of sp³-hybridized carbons (Fsp3) is 0.409. The average molecular weight is 351 g/mol. The molecule has 26 heavy (non-hydrogen) atoms. The van der Waals surface area contributed by atoms with E-state index in [0.717, 1.165) is 37.1 Å². The van der Waals surface area contributed by atoms with Gasteiger partial charge in [0.05, 0.1) is 6.04 Å². The molecule has 2 N–H and O–H groups in total. The third kappa shape index (κ3) is 5.60. The van der Waals surface area contributed by atoms with Crippen molar-refractivity contribution in [1.82, 2.24) is 15.5 Å². The summed E-state index contributed by atoms with van der Waals surface area (Å²) in [5.74, 6) is 0. The molecule has 1 fully saturated rings. The van der Waals surface area contributed by atoms with Gasteiger partial charge in [0.1, 0.15) is 0 Å². The van der Waals surface area contributed by atoms with Gasteiger partial charge in [-0.15, -0.1) is 0 Å². The van der Waals surface area contributed by atoms with Crippen molar-refractivity contribution in [2.24, 2.45) is 0 Å². The van der Waals surface area contributed by atoms with Crippen LogP contribution in [0.4, 0.5) is 4.79 Å². The van der Waals surface area contributed by atoms with Crippen molar-refractivity contribution in [3.8, 4) is 0 Å². The van der Waals surface area contributed by atoms with Gasteiger partial charge in [0.2, 0.25) is 0 Å². The van der Waals surface area contributed by atoms with Crippen LogP contribution in [0.15, 0.2) is 60.7 Å². The molecular weight excluding hydrogens is 322 g/mol. The molecule has 1 heterocycles. The zero-order chi connectivity index (χ0) is 18.0. The summed E-state index contributed by atoms with van der Waals surface area (Å²) in [6.45, 7) is 4.35. The van der Waals surface area contributed by atoms with Gasteiger partial charge in [-0.2, -0.15) is 0 Å². The van der Waals surface area contributed by atoms with Gasteiger partial charge in [-0.3, -0.25) is 0 Å². The molecule has 1 aliphatic rings. The molecule has 0 spiro atoms. The molecule has 2 aromatic rings. The number of hydrogen-bond acceptors (Lipinski definition) is 2. The zero-order valence-corrected chi connectivity index (χ0v) is 15.4. The van der Waals surface area contributed by atoms with E-state index < -0.39 is 0 Å². The lowest BCUT2D eigenvalue weighted by molar-refractivity contribution is 0.238. The van der Waals surface area contributed by atoms with Crippen LogP contribution >= 0.6 is 0 Å². The molecule has 0 bridgehead atoms. The number of nitrogens with zero attached hydrogens (tertiary/aromatic N) is 1. The van der Waals surface area contributed by atoms with Crippen LogP contribution in [0, 0.1) is 0 Å². The van der Waals surface area contributed by atoms with Gasteiger partial charge in [-0.25, -0.2) is 4.79 Å². The Balaban J connectivity index is 1.48. The first-order valence-electron chi connectivity index (χ1n) is 9.69. The van der Waals surface area contributed by atoms with Crippen molar-refractivity contribution in [2.45, 2.75) is 31.7 Å². The summed E-state index contributed by atoms with van der Waals surface area (Å²) < 4.78 is 0. The largest absolute Gasteiger partial charge is 0.338 e. The maximum Gasteiger partial charge on any atom is 0.315 e. The second-order valence-electron chi connectivity index (χ2n) is 6.91. The third-order valence-electron chi connectivity index (χ3n) is 4.93. The lowest BCUT2D eigenvalue weighted by Gasteiger charge is -2.20. The number of benzene rings is 2. The molecule has 0 saturated carbocycles. The molecule has 0 aromatic heterocycles. The number of unbranched alkanes of at least 4 members (excludes halogenated alkanes) is 1. The van der Waals surface area contributed by atoms with Gasteiger partial charge in [0.25, 0.3) is 0 Å². The molecule has 2 amide bonds. The van der Waals surface area contributed by atoms with Crippen LogP contribution in [0.1, 0.15) is 42.9 Å². The van der Waals surface area contributed by atoms with Crippen molar-refractivity contribution in [2.75, 3.05) is 26.2 Å². The van der Waals surface area contributed by atoms with Crippen molar-refractivity contribution in [3.05, 3.63) is 71.8 Å². The maximum absolute atomic E-state index is 12.4. The van der Waals surface area contributed by atoms with Crippen molar-refractivity contribution < 1.29 is 4.79 Å². The topological polar surface area (TPSA) is 44.4 Å². The highest BCUT2D eigenvalue weighted by Crippen LogP contribution is 2.21. The van der Waals surface area contributed by atoms with Gasteiger partial charge in [-0.1, -0.05) is 60.7 Å². The van der Waals surface area contributed by atoms with E-state index in [4.69, 9.17) is 0 Å². The third-order valence-corrected chi connectivity index (χ3v) is 4.93. The smallest absolute Gasteiger partial charge is 0.315 e. The molecule has 1 aliphatic heterocycles. The Morgan fingerprint density at radius 2 is 1.46 bits per heavy atom.